The summed E-state index contributed by atoms with van der Waals surface area (Å²) < 4.78 is 0. The Morgan fingerprint density at radius 2 is 1.68 bits per heavy atom. The molecule has 0 radical (unpaired) electrons. The van der Waals surface area contributed by atoms with Crippen molar-refractivity contribution >= 4 is 0 Å². The van der Waals surface area contributed by atoms with Gasteiger partial charge in [-0.1, -0.05) is 53.4 Å². The van der Waals surface area contributed by atoms with Crippen LogP contribution < -0.4 is 5.32 Å². The van der Waals surface area contributed by atoms with Crippen LogP contribution in [0.3, 0.4) is 0 Å². The first-order chi connectivity index (χ1) is 8.99. The standard InChI is InChI=1S/C18H35N/c1-14(2)15-8-7-9-16(12-11-15)19-17-10-5-6-13-18(17,3)4/h14-17,19H,5-13H2,1-4H3. The second kappa shape index (κ2) is 6.61. The molecule has 3 unspecified atom stereocenters. The lowest BCUT2D eigenvalue weighted by molar-refractivity contribution is 0.151. The molecule has 0 aliphatic heterocycles. The van der Waals surface area contributed by atoms with Crippen molar-refractivity contribution in [1.82, 2.24) is 5.32 Å². The molecule has 1 heteroatoms. The first-order valence-electron chi connectivity index (χ1n) is 8.75. The fourth-order valence-electron chi connectivity index (χ4n) is 4.25. The zero-order valence-electron chi connectivity index (χ0n) is 13.7. The Bertz CT molecular complexity index is 269. The van der Waals surface area contributed by atoms with Crippen molar-refractivity contribution in [2.75, 3.05) is 0 Å². The Hall–Kier alpha value is -0.0400. The third kappa shape index (κ3) is 4.21. The highest BCUT2D eigenvalue weighted by Gasteiger charge is 2.33. The third-order valence-corrected chi connectivity index (χ3v) is 5.90. The molecule has 0 amide bonds. The molecule has 0 heterocycles. The number of hydrogen-bond acceptors (Lipinski definition) is 1. The van der Waals surface area contributed by atoms with Crippen LogP contribution in [0.5, 0.6) is 0 Å². The van der Waals surface area contributed by atoms with E-state index < -0.39 is 0 Å². The smallest absolute Gasteiger partial charge is 0.0121 e. The number of rotatable bonds is 3. The Labute approximate surface area is 120 Å². The largest absolute Gasteiger partial charge is 0.311 e. The molecular formula is C18H35N. The van der Waals surface area contributed by atoms with Crippen molar-refractivity contribution in [2.45, 2.75) is 97.6 Å². The molecule has 0 saturated heterocycles. The summed E-state index contributed by atoms with van der Waals surface area (Å²) in [5.41, 5.74) is 0.516. The molecule has 0 aromatic heterocycles. The Balaban J connectivity index is 1.85. The van der Waals surface area contributed by atoms with E-state index in [4.69, 9.17) is 0 Å². The summed E-state index contributed by atoms with van der Waals surface area (Å²) in [5, 5.41) is 4.05. The molecule has 0 aromatic rings. The maximum absolute atomic E-state index is 4.05. The number of nitrogens with one attached hydrogen (secondary N) is 1. The van der Waals surface area contributed by atoms with E-state index in [1.165, 1.54) is 57.8 Å². The summed E-state index contributed by atoms with van der Waals surface area (Å²) in [6.45, 7) is 9.75. The molecule has 3 atom stereocenters. The van der Waals surface area contributed by atoms with Crippen LogP contribution in [0.4, 0.5) is 0 Å². The highest BCUT2D eigenvalue weighted by Crippen LogP contribution is 2.37. The lowest BCUT2D eigenvalue weighted by Gasteiger charge is -2.41. The highest BCUT2D eigenvalue weighted by atomic mass is 15.0. The van der Waals surface area contributed by atoms with Gasteiger partial charge in [-0.2, -0.15) is 0 Å². The SMILES string of the molecule is CC(C)C1CCCC(NC2CCCCC2(C)C)CC1. The van der Waals surface area contributed by atoms with Crippen molar-refractivity contribution in [2.24, 2.45) is 17.3 Å². The average Bonchev–Trinajstić information content (AvgIpc) is 2.57. The van der Waals surface area contributed by atoms with Gasteiger partial charge in [-0.05, 0) is 49.4 Å². The van der Waals surface area contributed by atoms with Gasteiger partial charge in [0.2, 0.25) is 0 Å². The van der Waals surface area contributed by atoms with Crippen LogP contribution >= 0.6 is 0 Å². The van der Waals surface area contributed by atoms with Crippen molar-refractivity contribution in [3.8, 4) is 0 Å². The van der Waals surface area contributed by atoms with Crippen LogP contribution in [0.1, 0.15) is 85.5 Å². The molecule has 112 valence electrons. The predicted molar refractivity (Wildman–Crippen MR) is 84.4 cm³/mol. The van der Waals surface area contributed by atoms with E-state index in [0.29, 0.717) is 5.41 Å². The molecule has 19 heavy (non-hydrogen) atoms. The van der Waals surface area contributed by atoms with Crippen LogP contribution in [0.15, 0.2) is 0 Å². The van der Waals surface area contributed by atoms with Crippen LogP contribution in [0.2, 0.25) is 0 Å². The zero-order valence-corrected chi connectivity index (χ0v) is 13.7. The van der Waals surface area contributed by atoms with Gasteiger partial charge in [0.1, 0.15) is 0 Å². The van der Waals surface area contributed by atoms with E-state index in [1.807, 2.05) is 0 Å². The van der Waals surface area contributed by atoms with Crippen LogP contribution in [0, 0.1) is 17.3 Å². The van der Waals surface area contributed by atoms with E-state index in [-0.39, 0.29) is 0 Å². The monoisotopic (exact) mass is 265 g/mol. The molecule has 0 spiro atoms. The Morgan fingerprint density at radius 1 is 0.895 bits per heavy atom. The van der Waals surface area contributed by atoms with Crippen molar-refractivity contribution in [3.63, 3.8) is 0 Å². The van der Waals surface area contributed by atoms with Crippen molar-refractivity contribution in [1.29, 1.82) is 0 Å². The molecular weight excluding hydrogens is 230 g/mol. The van der Waals surface area contributed by atoms with Crippen LogP contribution in [0.25, 0.3) is 0 Å². The van der Waals surface area contributed by atoms with Gasteiger partial charge in [-0.15, -0.1) is 0 Å². The maximum atomic E-state index is 4.05. The normalized spacial score (nSPS) is 36.2. The minimum atomic E-state index is 0.516. The lowest BCUT2D eigenvalue weighted by Crippen LogP contribution is -2.48. The second-order valence-corrected chi connectivity index (χ2v) is 8.16. The fraction of sp³-hybridized carbons (Fsp3) is 1.00. The highest BCUT2D eigenvalue weighted by molar-refractivity contribution is 4.90. The quantitative estimate of drug-likeness (QED) is 0.696. The summed E-state index contributed by atoms with van der Waals surface area (Å²) in [6.07, 6.45) is 12.8. The lowest BCUT2D eigenvalue weighted by atomic mass is 9.73. The number of hydrogen-bond donors (Lipinski definition) is 1. The topological polar surface area (TPSA) is 12.0 Å². The zero-order chi connectivity index (χ0) is 13.9. The molecule has 1 N–H and O–H groups in total. The van der Waals surface area contributed by atoms with E-state index >= 15 is 0 Å². The van der Waals surface area contributed by atoms with Gasteiger partial charge in [0.25, 0.3) is 0 Å². The summed E-state index contributed by atoms with van der Waals surface area (Å²) in [4.78, 5) is 0. The van der Waals surface area contributed by atoms with E-state index in [2.05, 4.69) is 33.0 Å². The van der Waals surface area contributed by atoms with Gasteiger partial charge in [0, 0.05) is 12.1 Å². The summed E-state index contributed by atoms with van der Waals surface area (Å²) in [6, 6.07) is 1.56. The summed E-state index contributed by atoms with van der Waals surface area (Å²) >= 11 is 0. The van der Waals surface area contributed by atoms with Crippen molar-refractivity contribution in [3.05, 3.63) is 0 Å². The molecule has 2 saturated carbocycles. The first-order valence-corrected chi connectivity index (χ1v) is 8.75. The predicted octanol–water partition coefficient (Wildman–Crippen LogP) is 5.15. The minimum absolute atomic E-state index is 0.516. The molecule has 2 aliphatic rings. The Morgan fingerprint density at radius 3 is 2.37 bits per heavy atom. The third-order valence-electron chi connectivity index (χ3n) is 5.90. The summed E-state index contributed by atoms with van der Waals surface area (Å²) in [7, 11) is 0. The minimum Gasteiger partial charge on any atom is -0.311 e. The van der Waals surface area contributed by atoms with Crippen LogP contribution in [-0.2, 0) is 0 Å². The van der Waals surface area contributed by atoms with Gasteiger partial charge in [0.05, 0.1) is 0 Å². The maximum Gasteiger partial charge on any atom is 0.0121 e. The molecule has 0 bridgehead atoms. The molecule has 1 nitrogen and oxygen atoms in total. The van der Waals surface area contributed by atoms with E-state index in [1.54, 1.807) is 0 Å². The van der Waals surface area contributed by atoms with Gasteiger partial charge in [-0.25, -0.2) is 0 Å². The molecule has 0 aromatic carbocycles. The van der Waals surface area contributed by atoms with Crippen molar-refractivity contribution < 1.29 is 0 Å². The van der Waals surface area contributed by atoms with Crippen LogP contribution in [-0.4, -0.2) is 12.1 Å². The van der Waals surface area contributed by atoms with E-state index in [0.717, 1.165) is 23.9 Å². The van der Waals surface area contributed by atoms with E-state index in [9.17, 15) is 0 Å². The van der Waals surface area contributed by atoms with Gasteiger partial charge in [0.15, 0.2) is 0 Å². The molecule has 2 rings (SSSR count). The van der Waals surface area contributed by atoms with Gasteiger partial charge < -0.3 is 5.32 Å². The fourth-order valence-corrected chi connectivity index (χ4v) is 4.25. The molecule has 2 aliphatic carbocycles. The first kappa shape index (κ1) is 15.4. The second-order valence-electron chi connectivity index (χ2n) is 8.16. The average molecular weight is 265 g/mol. The van der Waals surface area contributed by atoms with Gasteiger partial charge >= 0.3 is 0 Å². The van der Waals surface area contributed by atoms with Gasteiger partial charge in [-0.3, -0.25) is 0 Å². The molecule has 2 fully saturated rings. The summed E-state index contributed by atoms with van der Waals surface area (Å²) in [5.74, 6) is 1.86. The Kier molecular flexibility index (Phi) is 5.34.